The summed E-state index contributed by atoms with van der Waals surface area (Å²) in [5, 5.41) is 9.43. The van der Waals surface area contributed by atoms with Crippen LogP contribution in [0.1, 0.15) is 44.1 Å². The summed E-state index contributed by atoms with van der Waals surface area (Å²) in [5.74, 6) is 0.210. The van der Waals surface area contributed by atoms with Crippen LogP contribution in [0.4, 0.5) is 5.69 Å². The molecule has 3 unspecified atom stereocenters. The summed E-state index contributed by atoms with van der Waals surface area (Å²) in [4.78, 5) is 0. The number of nitrogens with zero attached hydrogens (tertiary/aromatic N) is 1. The second-order valence-corrected chi connectivity index (χ2v) is 8.00. The summed E-state index contributed by atoms with van der Waals surface area (Å²) in [6.07, 6.45) is 2.23. The Morgan fingerprint density at radius 2 is 1.90 bits per heavy atom. The van der Waals surface area contributed by atoms with E-state index in [2.05, 4.69) is 0 Å². The van der Waals surface area contributed by atoms with Gasteiger partial charge in [-0.25, -0.2) is 8.42 Å². The third-order valence-electron chi connectivity index (χ3n) is 4.53. The highest BCUT2D eigenvalue weighted by Gasteiger charge is 2.42. The summed E-state index contributed by atoms with van der Waals surface area (Å²) < 4.78 is 27.3. The number of aliphatic hydroxyl groups excluding tert-OH is 1. The third-order valence-corrected chi connectivity index (χ3v) is 6.81. The van der Waals surface area contributed by atoms with Crippen LogP contribution >= 0.6 is 0 Å². The molecule has 20 heavy (non-hydrogen) atoms. The molecular formula is C15H21NO3S. The number of aliphatic hydroxyl groups is 1. The molecule has 0 amide bonds. The number of rotatable bonds is 2. The maximum Gasteiger partial charge on any atom is 0.240 e. The normalized spacial score (nSPS) is 30.3. The largest absolute Gasteiger partial charge is 0.392 e. The van der Waals surface area contributed by atoms with Gasteiger partial charge in [-0.2, -0.15) is 0 Å². The standard InChI is InChI=1S/C15H21NO3S/c1-11-10-16(13-7-3-2-6-12(11)13)20(18,19)15-9-5-4-8-14(15)17/h2-3,6-7,11,14-15,17H,4-5,8-10H2,1H3. The summed E-state index contributed by atoms with van der Waals surface area (Å²) in [6, 6.07) is 7.68. The van der Waals surface area contributed by atoms with Gasteiger partial charge in [0.25, 0.3) is 0 Å². The average molecular weight is 295 g/mol. The lowest BCUT2D eigenvalue weighted by atomic mass is 9.97. The molecule has 1 saturated carbocycles. The van der Waals surface area contributed by atoms with Crippen LogP contribution in [-0.2, 0) is 10.0 Å². The Hall–Kier alpha value is -1.07. The van der Waals surface area contributed by atoms with Gasteiger partial charge in [0.05, 0.1) is 11.8 Å². The van der Waals surface area contributed by atoms with E-state index in [1.54, 1.807) is 0 Å². The summed E-state index contributed by atoms with van der Waals surface area (Å²) in [6.45, 7) is 2.54. The molecule has 1 fully saturated rings. The van der Waals surface area contributed by atoms with Crippen LogP contribution in [0.3, 0.4) is 0 Å². The number of sulfonamides is 1. The second kappa shape index (κ2) is 5.04. The molecule has 1 aliphatic carbocycles. The van der Waals surface area contributed by atoms with Gasteiger partial charge in [0.2, 0.25) is 10.0 Å². The van der Waals surface area contributed by atoms with E-state index in [-0.39, 0.29) is 5.92 Å². The number of anilines is 1. The lowest BCUT2D eigenvalue weighted by Gasteiger charge is -2.32. The zero-order valence-corrected chi connectivity index (χ0v) is 12.5. The topological polar surface area (TPSA) is 57.6 Å². The lowest BCUT2D eigenvalue weighted by molar-refractivity contribution is 0.133. The molecule has 1 aliphatic heterocycles. The Bertz CT molecular complexity index is 599. The molecule has 110 valence electrons. The lowest BCUT2D eigenvalue weighted by Crippen LogP contribution is -2.45. The van der Waals surface area contributed by atoms with E-state index in [4.69, 9.17) is 0 Å². The van der Waals surface area contributed by atoms with Crippen molar-refractivity contribution in [3.63, 3.8) is 0 Å². The molecule has 5 heteroatoms. The molecule has 3 rings (SSSR count). The van der Waals surface area contributed by atoms with E-state index in [1.807, 2.05) is 31.2 Å². The van der Waals surface area contributed by atoms with Gasteiger partial charge in [-0.05, 0) is 24.5 Å². The molecule has 0 radical (unpaired) electrons. The van der Waals surface area contributed by atoms with Crippen molar-refractivity contribution in [2.75, 3.05) is 10.8 Å². The third kappa shape index (κ3) is 2.13. The number of fused-ring (bicyclic) bond motifs is 1. The van der Waals surface area contributed by atoms with E-state index in [0.717, 1.165) is 24.1 Å². The van der Waals surface area contributed by atoms with E-state index in [9.17, 15) is 13.5 Å². The van der Waals surface area contributed by atoms with Crippen molar-refractivity contribution in [2.24, 2.45) is 0 Å². The van der Waals surface area contributed by atoms with Gasteiger partial charge in [-0.15, -0.1) is 0 Å². The second-order valence-electron chi connectivity index (χ2n) is 5.93. The van der Waals surface area contributed by atoms with Crippen molar-refractivity contribution < 1.29 is 13.5 Å². The minimum absolute atomic E-state index is 0.210. The van der Waals surface area contributed by atoms with Crippen LogP contribution < -0.4 is 4.31 Å². The fraction of sp³-hybridized carbons (Fsp3) is 0.600. The Balaban J connectivity index is 1.97. The smallest absolute Gasteiger partial charge is 0.240 e. The zero-order chi connectivity index (χ0) is 14.3. The molecule has 0 spiro atoms. The minimum Gasteiger partial charge on any atom is -0.392 e. The SMILES string of the molecule is CC1CN(S(=O)(=O)C2CCCCC2O)c2ccccc21. The van der Waals surface area contributed by atoms with Crippen molar-refractivity contribution in [1.82, 2.24) is 0 Å². The molecule has 0 aromatic heterocycles. The fourth-order valence-electron chi connectivity index (χ4n) is 3.41. The molecule has 0 bridgehead atoms. The van der Waals surface area contributed by atoms with Gasteiger partial charge >= 0.3 is 0 Å². The van der Waals surface area contributed by atoms with Gasteiger partial charge < -0.3 is 5.11 Å². The Morgan fingerprint density at radius 3 is 2.65 bits per heavy atom. The molecular weight excluding hydrogens is 274 g/mol. The molecule has 0 saturated heterocycles. The van der Waals surface area contributed by atoms with E-state index >= 15 is 0 Å². The van der Waals surface area contributed by atoms with Crippen LogP contribution in [-0.4, -0.2) is 31.4 Å². The molecule has 3 atom stereocenters. The number of hydrogen-bond donors (Lipinski definition) is 1. The van der Waals surface area contributed by atoms with E-state index in [1.165, 1.54) is 4.31 Å². The van der Waals surface area contributed by atoms with Crippen molar-refractivity contribution >= 4 is 15.7 Å². The first-order valence-electron chi connectivity index (χ1n) is 7.30. The Morgan fingerprint density at radius 1 is 1.20 bits per heavy atom. The van der Waals surface area contributed by atoms with Gasteiger partial charge in [-0.1, -0.05) is 38.0 Å². The Kier molecular flexibility index (Phi) is 3.50. The predicted molar refractivity (Wildman–Crippen MR) is 79.4 cm³/mol. The maximum atomic E-state index is 12.9. The molecule has 2 aliphatic rings. The number of hydrogen-bond acceptors (Lipinski definition) is 3. The summed E-state index contributed by atoms with van der Waals surface area (Å²) in [5.41, 5.74) is 1.87. The van der Waals surface area contributed by atoms with Crippen molar-refractivity contribution in [3.8, 4) is 0 Å². The van der Waals surface area contributed by atoms with Gasteiger partial charge in [0.15, 0.2) is 0 Å². The van der Waals surface area contributed by atoms with Crippen LogP contribution in [0.5, 0.6) is 0 Å². The fourth-order valence-corrected chi connectivity index (χ4v) is 5.60. The van der Waals surface area contributed by atoms with Crippen molar-refractivity contribution in [2.45, 2.75) is 49.9 Å². The number of benzene rings is 1. The predicted octanol–water partition coefficient (Wildman–Crippen LogP) is 2.24. The van der Waals surface area contributed by atoms with Crippen LogP contribution in [0.2, 0.25) is 0 Å². The van der Waals surface area contributed by atoms with E-state index < -0.39 is 21.4 Å². The molecule has 1 aromatic carbocycles. The van der Waals surface area contributed by atoms with Gasteiger partial charge in [0.1, 0.15) is 5.25 Å². The Labute approximate surface area is 120 Å². The number of para-hydroxylation sites is 1. The highest BCUT2D eigenvalue weighted by molar-refractivity contribution is 7.93. The van der Waals surface area contributed by atoms with Crippen LogP contribution in [0.15, 0.2) is 24.3 Å². The zero-order valence-electron chi connectivity index (χ0n) is 11.7. The quantitative estimate of drug-likeness (QED) is 0.910. The van der Waals surface area contributed by atoms with Crippen molar-refractivity contribution in [3.05, 3.63) is 29.8 Å². The summed E-state index contributed by atoms with van der Waals surface area (Å²) >= 11 is 0. The first-order valence-corrected chi connectivity index (χ1v) is 8.80. The average Bonchev–Trinajstić information content (AvgIpc) is 2.78. The van der Waals surface area contributed by atoms with Gasteiger partial charge in [0, 0.05) is 12.5 Å². The first-order chi connectivity index (χ1) is 9.51. The minimum atomic E-state index is -3.47. The van der Waals surface area contributed by atoms with Crippen LogP contribution in [0, 0.1) is 0 Å². The first kappa shape index (κ1) is 13.9. The van der Waals surface area contributed by atoms with Gasteiger partial charge in [-0.3, -0.25) is 4.31 Å². The maximum absolute atomic E-state index is 12.9. The molecule has 1 heterocycles. The summed E-state index contributed by atoms with van der Waals surface area (Å²) in [7, 11) is -3.47. The molecule has 1 aromatic rings. The molecule has 4 nitrogen and oxygen atoms in total. The van der Waals surface area contributed by atoms with E-state index in [0.29, 0.717) is 19.4 Å². The highest BCUT2D eigenvalue weighted by atomic mass is 32.2. The monoisotopic (exact) mass is 295 g/mol. The van der Waals surface area contributed by atoms with Crippen LogP contribution in [0.25, 0.3) is 0 Å². The van der Waals surface area contributed by atoms with Crippen molar-refractivity contribution in [1.29, 1.82) is 0 Å². The molecule has 1 N–H and O–H groups in total. The highest BCUT2D eigenvalue weighted by Crippen LogP contribution is 2.40.